The fourth-order valence-corrected chi connectivity index (χ4v) is 2.06. The molecular weight excluding hydrogens is 240 g/mol. The van der Waals surface area contributed by atoms with Crippen molar-refractivity contribution in [1.29, 1.82) is 5.26 Å². The monoisotopic (exact) mass is 244 g/mol. The number of hydrogen-bond donors (Lipinski definition) is 1. The number of nitrogens with zero attached hydrogens (tertiary/aromatic N) is 5. The number of H-pyrrole nitrogens is 1. The van der Waals surface area contributed by atoms with Crippen LogP contribution in [0.3, 0.4) is 0 Å². The highest BCUT2D eigenvalue weighted by Gasteiger charge is 2.16. The van der Waals surface area contributed by atoms with E-state index in [1.54, 1.807) is 11.4 Å². The Morgan fingerprint density at radius 1 is 1.47 bits per heavy atom. The molecule has 3 rings (SSSR count). The largest absolute Gasteiger partial charge is 0.333 e. The van der Waals surface area contributed by atoms with Gasteiger partial charge in [-0.1, -0.05) is 5.16 Å². The van der Waals surface area contributed by atoms with E-state index in [2.05, 4.69) is 31.6 Å². The molecule has 1 N–H and O–H groups in total. The molecular formula is C9H4N6OS. The van der Waals surface area contributed by atoms with Crippen molar-refractivity contribution in [2.45, 2.75) is 0 Å². The number of nitrogens with one attached hydrogen (secondary N) is 1. The lowest BCUT2D eigenvalue weighted by molar-refractivity contribution is 0.433. The van der Waals surface area contributed by atoms with Crippen molar-refractivity contribution in [3.63, 3.8) is 0 Å². The molecule has 0 spiro atoms. The summed E-state index contributed by atoms with van der Waals surface area (Å²) in [6, 6.07) is 3.77. The number of aromatic amines is 1. The molecule has 0 saturated heterocycles. The molecule has 82 valence electrons. The number of rotatable bonds is 2. The molecule has 0 bridgehead atoms. The van der Waals surface area contributed by atoms with Gasteiger partial charge in [-0.3, -0.25) is 0 Å². The Morgan fingerprint density at radius 2 is 2.41 bits per heavy atom. The molecule has 0 aromatic carbocycles. The molecule has 3 aromatic heterocycles. The quantitative estimate of drug-likeness (QED) is 0.731. The van der Waals surface area contributed by atoms with E-state index < -0.39 is 0 Å². The molecule has 7 nitrogen and oxygen atoms in total. The van der Waals surface area contributed by atoms with Gasteiger partial charge in [0.15, 0.2) is 5.69 Å². The summed E-state index contributed by atoms with van der Waals surface area (Å²) in [5.41, 5.74) is 1.01. The third-order valence-corrected chi connectivity index (χ3v) is 2.95. The molecule has 3 heterocycles. The number of aromatic nitrogens is 5. The van der Waals surface area contributed by atoms with Crippen LogP contribution in [0.1, 0.15) is 5.56 Å². The Kier molecular flexibility index (Phi) is 2.16. The lowest BCUT2D eigenvalue weighted by atomic mass is 10.3. The van der Waals surface area contributed by atoms with Crippen LogP contribution in [0.25, 0.3) is 22.3 Å². The van der Waals surface area contributed by atoms with Gasteiger partial charge in [0.2, 0.25) is 5.82 Å². The fraction of sp³-hybridized carbons (Fsp3) is 0. The minimum absolute atomic E-state index is 0.314. The first-order chi connectivity index (χ1) is 8.38. The van der Waals surface area contributed by atoms with Gasteiger partial charge in [-0.15, -0.1) is 11.3 Å². The Bertz CT molecular complexity index is 676. The van der Waals surface area contributed by atoms with Gasteiger partial charge in [0.1, 0.15) is 10.9 Å². The molecule has 0 atom stereocenters. The van der Waals surface area contributed by atoms with Crippen molar-refractivity contribution < 1.29 is 4.52 Å². The van der Waals surface area contributed by atoms with Crippen molar-refractivity contribution in [3.8, 4) is 28.4 Å². The van der Waals surface area contributed by atoms with E-state index in [1.807, 2.05) is 0 Å². The molecule has 0 aliphatic heterocycles. The van der Waals surface area contributed by atoms with E-state index in [0.717, 1.165) is 0 Å². The maximum absolute atomic E-state index is 8.90. The second kappa shape index (κ2) is 3.80. The first-order valence-corrected chi connectivity index (χ1v) is 5.44. The summed E-state index contributed by atoms with van der Waals surface area (Å²) in [6.45, 7) is 0. The van der Waals surface area contributed by atoms with Gasteiger partial charge in [0.25, 0.3) is 5.89 Å². The zero-order chi connectivity index (χ0) is 11.7. The van der Waals surface area contributed by atoms with Crippen LogP contribution in [-0.2, 0) is 0 Å². The average Bonchev–Trinajstić information content (AvgIpc) is 3.09. The molecule has 0 aliphatic rings. The van der Waals surface area contributed by atoms with Crippen LogP contribution in [-0.4, -0.2) is 25.6 Å². The lowest BCUT2D eigenvalue weighted by Gasteiger charge is -1.86. The van der Waals surface area contributed by atoms with Crippen molar-refractivity contribution in [3.05, 3.63) is 23.2 Å². The van der Waals surface area contributed by atoms with Gasteiger partial charge in [-0.05, 0) is 11.4 Å². The smallest absolute Gasteiger partial charge is 0.269 e. The van der Waals surface area contributed by atoms with Gasteiger partial charge in [-0.2, -0.15) is 25.7 Å². The molecule has 3 aromatic rings. The summed E-state index contributed by atoms with van der Waals surface area (Å²) in [5.74, 6) is 0.653. The third-order valence-electron chi connectivity index (χ3n) is 2.05. The summed E-state index contributed by atoms with van der Waals surface area (Å²) in [5, 5.41) is 24.4. The Labute approximate surface area is 98.7 Å². The summed E-state index contributed by atoms with van der Waals surface area (Å²) in [4.78, 5) is 4.82. The summed E-state index contributed by atoms with van der Waals surface area (Å²) in [6.07, 6.45) is 1.49. The molecule has 0 saturated carbocycles. The van der Waals surface area contributed by atoms with Crippen LogP contribution < -0.4 is 0 Å². The maximum Gasteiger partial charge on any atom is 0.269 e. The third kappa shape index (κ3) is 1.58. The second-order valence-corrected chi connectivity index (χ2v) is 3.97. The molecule has 8 heteroatoms. The maximum atomic E-state index is 8.90. The number of nitriles is 1. The fourth-order valence-electron chi connectivity index (χ4n) is 1.29. The minimum atomic E-state index is 0.314. The standard InChI is InChI=1S/C9H4N6OS/c10-3-5-1-2-17-7(5)9-12-8(14-16-9)6-4-11-15-13-6/h1-2,4H,(H,11,13,15). The first kappa shape index (κ1) is 9.68. The minimum Gasteiger partial charge on any atom is -0.333 e. The molecule has 0 unspecified atom stereocenters. The van der Waals surface area contributed by atoms with E-state index in [-0.39, 0.29) is 0 Å². The van der Waals surface area contributed by atoms with E-state index in [1.165, 1.54) is 17.5 Å². The number of thiophene rings is 1. The van der Waals surface area contributed by atoms with Crippen LogP contribution >= 0.6 is 11.3 Å². The predicted molar refractivity (Wildman–Crippen MR) is 57.7 cm³/mol. The molecule has 0 radical (unpaired) electrons. The average molecular weight is 244 g/mol. The second-order valence-electron chi connectivity index (χ2n) is 3.05. The van der Waals surface area contributed by atoms with Gasteiger partial charge in [0.05, 0.1) is 11.8 Å². The van der Waals surface area contributed by atoms with Crippen molar-refractivity contribution in [2.75, 3.05) is 0 Å². The summed E-state index contributed by atoms with van der Waals surface area (Å²) < 4.78 is 5.09. The Balaban J connectivity index is 2.04. The Morgan fingerprint density at radius 3 is 3.18 bits per heavy atom. The van der Waals surface area contributed by atoms with Crippen molar-refractivity contribution in [1.82, 2.24) is 25.6 Å². The molecule has 17 heavy (non-hydrogen) atoms. The molecule has 0 amide bonds. The Hall–Kier alpha value is -2.53. The van der Waals surface area contributed by atoms with E-state index >= 15 is 0 Å². The highest BCUT2D eigenvalue weighted by molar-refractivity contribution is 7.13. The summed E-state index contributed by atoms with van der Waals surface area (Å²) >= 11 is 1.38. The van der Waals surface area contributed by atoms with Crippen molar-refractivity contribution >= 4 is 11.3 Å². The van der Waals surface area contributed by atoms with Crippen LogP contribution in [0.4, 0.5) is 0 Å². The van der Waals surface area contributed by atoms with Crippen LogP contribution in [0.2, 0.25) is 0 Å². The lowest BCUT2D eigenvalue weighted by Crippen LogP contribution is -1.81. The highest BCUT2D eigenvalue weighted by atomic mass is 32.1. The SMILES string of the molecule is N#Cc1ccsc1-c1nc(-c2cn[nH]n2)no1. The highest BCUT2D eigenvalue weighted by Crippen LogP contribution is 2.28. The van der Waals surface area contributed by atoms with Gasteiger partial charge >= 0.3 is 0 Å². The zero-order valence-electron chi connectivity index (χ0n) is 8.28. The van der Waals surface area contributed by atoms with Crippen LogP contribution in [0.15, 0.2) is 22.2 Å². The van der Waals surface area contributed by atoms with E-state index in [9.17, 15) is 0 Å². The number of hydrogen-bond acceptors (Lipinski definition) is 7. The van der Waals surface area contributed by atoms with E-state index in [0.29, 0.717) is 27.8 Å². The summed E-state index contributed by atoms with van der Waals surface area (Å²) in [7, 11) is 0. The van der Waals surface area contributed by atoms with Crippen LogP contribution in [0.5, 0.6) is 0 Å². The van der Waals surface area contributed by atoms with Gasteiger partial charge in [-0.25, -0.2) is 0 Å². The topological polar surface area (TPSA) is 104 Å². The zero-order valence-corrected chi connectivity index (χ0v) is 9.10. The first-order valence-electron chi connectivity index (χ1n) is 4.56. The van der Waals surface area contributed by atoms with E-state index in [4.69, 9.17) is 9.78 Å². The van der Waals surface area contributed by atoms with Gasteiger partial charge in [0, 0.05) is 0 Å². The van der Waals surface area contributed by atoms with Gasteiger partial charge < -0.3 is 4.52 Å². The predicted octanol–water partition coefficient (Wildman–Crippen LogP) is 1.45. The van der Waals surface area contributed by atoms with Crippen LogP contribution in [0, 0.1) is 11.3 Å². The molecule has 0 fully saturated rings. The normalized spacial score (nSPS) is 10.3. The van der Waals surface area contributed by atoms with Crippen molar-refractivity contribution in [2.24, 2.45) is 0 Å². The molecule has 0 aliphatic carbocycles.